The number of benzene rings is 3. The van der Waals surface area contributed by atoms with E-state index in [0.29, 0.717) is 21.7 Å². The molecule has 172 valence electrons. The molecule has 4 aromatic rings. The summed E-state index contributed by atoms with van der Waals surface area (Å²) in [5.74, 6) is -0.380. The number of fused-ring (bicyclic) bond motifs is 3. The minimum absolute atomic E-state index is 0.0212. The van der Waals surface area contributed by atoms with Crippen LogP contribution in [0, 0.1) is 0 Å². The molecule has 0 bridgehead atoms. The van der Waals surface area contributed by atoms with E-state index in [0.717, 1.165) is 0 Å². The summed E-state index contributed by atoms with van der Waals surface area (Å²) in [6.45, 7) is 0.0212. The summed E-state index contributed by atoms with van der Waals surface area (Å²) < 4.78 is 45.0. The molecular weight excluding hydrogens is 513 g/mol. The summed E-state index contributed by atoms with van der Waals surface area (Å²) in [5.41, 5.74) is 0.747. The van der Waals surface area contributed by atoms with Gasteiger partial charge in [0, 0.05) is 23.3 Å². The van der Waals surface area contributed by atoms with E-state index in [4.69, 9.17) is 48.7 Å². The van der Waals surface area contributed by atoms with Crippen LogP contribution >= 0.6 is 34.8 Å². The zero-order valence-corrected chi connectivity index (χ0v) is 20.3. The maximum atomic E-state index is 13.2. The number of hydrogen-bond donors (Lipinski definition) is 1. The van der Waals surface area contributed by atoms with Gasteiger partial charge in [-0.2, -0.15) is 0 Å². The second-order valence-corrected chi connectivity index (χ2v) is 9.85. The molecule has 1 aromatic heterocycles. The number of ether oxygens (including phenoxy) is 2. The molecule has 0 atom stereocenters. The van der Waals surface area contributed by atoms with Crippen molar-refractivity contribution >= 4 is 78.2 Å². The molecule has 7 nitrogen and oxygen atoms in total. The number of rotatable bonds is 6. The molecule has 11 heteroatoms. The first-order valence-corrected chi connectivity index (χ1v) is 12.0. The molecule has 0 aliphatic carbocycles. The Balaban J connectivity index is 1.97. The van der Waals surface area contributed by atoms with Crippen molar-refractivity contribution in [3.8, 4) is 0 Å². The maximum absolute atomic E-state index is 13.2. The van der Waals surface area contributed by atoms with Crippen LogP contribution in [0.1, 0.15) is 16.1 Å². The molecule has 1 N–H and O–H groups in total. The third-order valence-corrected chi connectivity index (χ3v) is 7.49. The van der Waals surface area contributed by atoms with Crippen LogP contribution in [0.15, 0.2) is 51.8 Å². The van der Waals surface area contributed by atoms with Gasteiger partial charge in [-0.05, 0) is 18.2 Å². The van der Waals surface area contributed by atoms with Gasteiger partial charge in [0.1, 0.15) is 28.4 Å². The third-order valence-electron chi connectivity index (χ3n) is 4.94. The molecule has 4 rings (SSSR count). The highest BCUT2D eigenvalue weighted by Gasteiger charge is 2.26. The van der Waals surface area contributed by atoms with E-state index < -0.39 is 16.0 Å². The Morgan fingerprint density at radius 2 is 1.64 bits per heavy atom. The van der Waals surface area contributed by atoms with E-state index in [1.807, 2.05) is 0 Å². The molecule has 0 saturated heterocycles. The van der Waals surface area contributed by atoms with Gasteiger partial charge in [-0.25, -0.2) is 13.2 Å². The third kappa shape index (κ3) is 4.25. The molecule has 0 radical (unpaired) electrons. The van der Waals surface area contributed by atoms with Crippen LogP contribution in [0.4, 0.5) is 5.69 Å². The average molecular weight is 529 g/mol. The zero-order valence-electron chi connectivity index (χ0n) is 17.2. The predicted molar refractivity (Wildman–Crippen MR) is 128 cm³/mol. The van der Waals surface area contributed by atoms with Gasteiger partial charge in [0.2, 0.25) is 0 Å². The zero-order chi connectivity index (χ0) is 23.9. The summed E-state index contributed by atoms with van der Waals surface area (Å²) in [7, 11) is -1.47. The van der Waals surface area contributed by atoms with Crippen molar-refractivity contribution in [2.24, 2.45) is 0 Å². The maximum Gasteiger partial charge on any atom is 0.342 e. The summed E-state index contributed by atoms with van der Waals surface area (Å²) >= 11 is 18.1. The molecule has 0 aliphatic heterocycles. The molecule has 1 heterocycles. The number of carbonyl (C=O) groups excluding carboxylic acids is 1. The molecule has 0 aliphatic rings. The largest absolute Gasteiger partial charge is 0.465 e. The SMILES string of the molecule is COCc1oc2c(cc(NS(=O)(=O)c3cc(Cl)c(Cl)cc3Cl)c3ccccc32)c1C(=O)OC. The monoisotopic (exact) mass is 527 g/mol. The van der Waals surface area contributed by atoms with Crippen molar-refractivity contribution in [2.75, 3.05) is 18.9 Å². The highest BCUT2D eigenvalue weighted by atomic mass is 35.5. The van der Waals surface area contributed by atoms with E-state index in [2.05, 4.69) is 4.72 Å². The number of anilines is 1. The smallest absolute Gasteiger partial charge is 0.342 e. The van der Waals surface area contributed by atoms with E-state index in [-0.39, 0.29) is 43.6 Å². The number of sulfonamides is 1. The Kier molecular flexibility index (Phi) is 6.48. The first-order chi connectivity index (χ1) is 15.7. The van der Waals surface area contributed by atoms with Gasteiger partial charge in [0.05, 0.1) is 27.9 Å². The minimum atomic E-state index is -4.18. The van der Waals surface area contributed by atoms with Crippen LogP contribution in [0.5, 0.6) is 0 Å². The van der Waals surface area contributed by atoms with Gasteiger partial charge in [-0.3, -0.25) is 4.72 Å². The quantitative estimate of drug-likeness (QED) is 0.234. The lowest BCUT2D eigenvalue weighted by Gasteiger charge is -2.13. The van der Waals surface area contributed by atoms with Crippen LogP contribution in [-0.4, -0.2) is 28.6 Å². The molecule has 0 fully saturated rings. The first kappa shape index (κ1) is 23.7. The summed E-state index contributed by atoms with van der Waals surface area (Å²) in [6, 6.07) is 10.9. The van der Waals surface area contributed by atoms with Crippen LogP contribution in [0.2, 0.25) is 15.1 Å². The second-order valence-electron chi connectivity index (χ2n) is 6.97. The second kappa shape index (κ2) is 9.04. The molecule has 3 aromatic carbocycles. The molecular formula is C22H16Cl3NO6S. The Hall–Kier alpha value is -2.49. The Bertz CT molecular complexity index is 1510. The first-order valence-electron chi connectivity index (χ1n) is 9.39. The number of hydrogen-bond acceptors (Lipinski definition) is 6. The van der Waals surface area contributed by atoms with Crippen molar-refractivity contribution < 1.29 is 27.1 Å². The highest BCUT2D eigenvalue weighted by molar-refractivity contribution is 7.92. The fraction of sp³-hybridized carbons (Fsp3) is 0.136. The lowest BCUT2D eigenvalue weighted by molar-refractivity contribution is 0.0594. The van der Waals surface area contributed by atoms with Crippen LogP contribution in [-0.2, 0) is 26.1 Å². The van der Waals surface area contributed by atoms with Gasteiger partial charge in [0.15, 0.2) is 0 Å². The van der Waals surface area contributed by atoms with Crippen molar-refractivity contribution in [1.29, 1.82) is 0 Å². The van der Waals surface area contributed by atoms with Gasteiger partial charge < -0.3 is 13.9 Å². The fourth-order valence-electron chi connectivity index (χ4n) is 3.52. The number of halogens is 3. The lowest BCUT2D eigenvalue weighted by atomic mass is 10.0. The summed E-state index contributed by atoms with van der Waals surface area (Å²) in [5, 5.41) is 1.56. The molecule has 0 saturated carbocycles. The van der Waals surface area contributed by atoms with Crippen molar-refractivity contribution in [1.82, 2.24) is 0 Å². The van der Waals surface area contributed by atoms with Crippen molar-refractivity contribution in [2.45, 2.75) is 11.5 Å². The molecule has 0 spiro atoms. The van der Waals surface area contributed by atoms with E-state index in [1.165, 1.54) is 32.4 Å². The Labute approximate surface area is 204 Å². The van der Waals surface area contributed by atoms with Gasteiger partial charge in [-0.1, -0.05) is 59.1 Å². The number of nitrogens with one attached hydrogen (secondary N) is 1. The fourth-order valence-corrected chi connectivity index (χ4v) is 5.60. The van der Waals surface area contributed by atoms with Crippen molar-refractivity contribution in [3.05, 3.63) is 68.9 Å². The number of carbonyl (C=O) groups is 1. The standard InChI is InChI=1S/C22H16Cl3NO6S/c1-30-10-18-20(22(27)31-2)13-7-17(11-5-3-4-6-12(11)21(13)32-18)26-33(28,29)19-9-15(24)14(23)8-16(19)25/h3-9,26H,10H2,1-2H3. The van der Waals surface area contributed by atoms with Crippen LogP contribution in [0.25, 0.3) is 21.7 Å². The van der Waals surface area contributed by atoms with E-state index >= 15 is 0 Å². The van der Waals surface area contributed by atoms with Crippen LogP contribution in [0.3, 0.4) is 0 Å². The average Bonchev–Trinajstić information content (AvgIpc) is 3.14. The van der Waals surface area contributed by atoms with E-state index in [1.54, 1.807) is 24.3 Å². The Morgan fingerprint density at radius 3 is 2.30 bits per heavy atom. The summed E-state index contributed by atoms with van der Waals surface area (Å²) in [6.07, 6.45) is 0. The molecule has 0 amide bonds. The topological polar surface area (TPSA) is 94.8 Å². The Morgan fingerprint density at radius 1 is 0.970 bits per heavy atom. The van der Waals surface area contributed by atoms with Crippen molar-refractivity contribution in [3.63, 3.8) is 0 Å². The number of furan rings is 1. The van der Waals surface area contributed by atoms with Gasteiger partial charge in [0.25, 0.3) is 10.0 Å². The highest BCUT2D eigenvalue weighted by Crippen LogP contribution is 2.39. The van der Waals surface area contributed by atoms with Crippen LogP contribution < -0.4 is 4.72 Å². The number of methoxy groups -OCH3 is 2. The normalized spacial score (nSPS) is 11.8. The minimum Gasteiger partial charge on any atom is -0.465 e. The van der Waals surface area contributed by atoms with Gasteiger partial charge in [-0.15, -0.1) is 0 Å². The molecule has 0 unspecified atom stereocenters. The molecule has 33 heavy (non-hydrogen) atoms. The lowest BCUT2D eigenvalue weighted by Crippen LogP contribution is -2.14. The van der Waals surface area contributed by atoms with Gasteiger partial charge >= 0.3 is 5.97 Å². The van der Waals surface area contributed by atoms with E-state index in [9.17, 15) is 13.2 Å². The predicted octanol–water partition coefficient (Wildman–Crippen LogP) is 6.28. The number of esters is 1. The summed E-state index contributed by atoms with van der Waals surface area (Å²) in [4.78, 5) is 12.3.